The molecular weight excluding hydrogens is 520 g/mol. The number of nitrogens with zero attached hydrogens (tertiary/aromatic N) is 4. The number of hydrogen-bond acceptors (Lipinski definition) is 6. The predicted molar refractivity (Wildman–Crippen MR) is 154 cm³/mol. The lowest BCUT2D eigenvalue weighted by Crippen LogP contribution is -2.03. The number of hydrogen-bond donors (Lipinski definition) is 0. The highest BCUT2D eigenvalue weighted by Crippen LogP contribution is 2.37. The Bertz CT molecular complexity index is 1850. The molecule has 9 nitrogen and oxygen atoms in total. The number of carbonyl (C=O) groups is 1. The molecule has 0 aliphatic rings. The minimum Gasteiger partial charge on any atom is -0.309 e. The van der Waals surface area contributed by atoms with Crippen molar-refractivity contribution >= 4 is 23.2 Å². The Balaban J connectivity index is 1.77. The first-order chi connectivity index (χ1) is 19.9. The minimum absolute atomic E-state index is 0.0198. The van der Waals surface area contributed by atoms with Crippen LogP contribution in [0.5, 0.6) is 0 Å². The molecule has 0 aliphatic heterocycles. The van der Waals surface area contributed by atoms with Crippen molar-refractivity contribution in [2.24, 2.45) is 0 Å². The average molecular weight is 541 g/mol. The molecule has 0 saturated carbocycles. The second kappa shape index (κ2) is 11.3. The summed E-state index contributed by atoms with van der Waals surface area (Å²) in [5.41, 5.74) is 3.68. The van der Waals surface area contributed by atoms with Crippen LogP contribution < -0.4 is 0 Å². The summed E-state index contributed by atoms with van der Waals surface area (Å²) in [7, 11) is 0. The molecule has 5 aromatic rings. The lowest BCUT2D eigenvalue weighted by molar-refractivity contribution is -0.385. The van der Waals surface area contributed by atoms with Crippen LogP contribution in [0.1, 0.15) is 15.9 Å². The monoisotopic (exact) mass is 540 g/mol. The first-order valence-corrected chi connectivity index (χ1v) is 12.4. The van der Waals surface area contributed by atoms with Crippen LogP contribution in [0.25, 0.3) is 34.3 Å². The Morgan fingerprint density at radius 3 is 1.93 bits per heavy atom. The van der Waals surface area contributed by atoms with Crippen molar-refractivity contribution in [3.8, 4) is 34.3 Å². The Morgan fingerprint density at radius 1 is 0.732 bits per heavy atom. The van der Waals surface area contributed by atoms with E-state index in [-0.39, 0.29) is 22.5 Å². The number of benzene rings is 4. The summed E-state index contributed by atoms with van der Waals surface area (Å²) in [6, 6.07) is 34.0. The molecule has 4 aromatic carbocycles. The third-order valence-electron chi connectivity index (χ3n) is 6.45. The zero-order chi connectivity index (χ0) is 28.9. The Kier molecular flexibility index (Phi) is 7.30. The van der Waals surface area contributed by atoms with Crippen LogP contribution in [0.3, 0.4) is 0 Å². The standard InChI is InChI=1S/C32H20N4O5/c33-21-26(32(37)24-12-7-13-29(19-24)36(40)41)18-25-20-30(22-8-3-1-4-9-22)34(31(25)23-10-5-2-6-11-23)27-14-16-28(17-15-27)35(38)39/h1-20H/b26-18+. The summed E-state index contributed by atoms with van der Waals surface area (Å²) in [6.07, 6.45) is 1.47. The number of allylic oxidation sites excluding steroid dienone is 1. The number of aromatic nitrogens is 1. The second-order valence-electron chi connectivity index (χ2n) is 8.98. The van der Waals surface area contributed by atoms with E-state index in [0.717, 1.165) is 22.9 Å². The molecule has 0 amide bonds. The van der Waals surface area contributed by atoms with E-state index in [0.29, 0.717) is 16.9 Å². The Labute approximate surface area is 234 Å². The van der Waals surface area contributed by atoms with Gasteiger partial charge in [0.05, 0.1) is 21.2 Å². The van der Waals surface area contributed by atoms with E-state index in [1.165, 1.54) is 36.4 Å². The summed E-state index contributed by atoms with van der Waals surface area (Å²) in [6.45, 7) is 0. The molecule has 0 radical (unpaired) electrons. The number of Topliss-reactive ketones (excluding diaryl/α,β-unsaturated/α-hetero) is 1. The Morgan fingerprint density at radius 2 is 1.34 bits per heavy atom. The van der Waals surface area contributed by atoms with Crippen molar-refractivity contribution < 1.29 is 14.6 Å². The van der Waals surface area contributed by atoms with Gasteiger partial charge in [-0.2, -0.15) is 5.26 Å². The van der Waals surface area contributed by atoms with Gasteiger partial charge in [-0.15, -0.1) is 0 Å². The van der Waals surface area contributed by atoms with Gasteiger partial charge in [0.25, 0.3) is 11.4 Å². The van der Waals surface area contributed by atoms with Crippen molar-refractivity contribution in [3.63, 3.8) is 0 Å². The third-order valence-corrected chi connectivity index (χ3v) is 6.45. The largest absolute Gasteiger partial charge is 0.309 e. The van der Waals surface area contributed by atoms with Crippen LogP contribution in [0.4, 0.5) is 11.4 Å². The van der Waals surface area contributed by atoms with Gasteiger partial charge in [0.1, 0.15) is 11.6 Å². The smallest absolute Gasteiger partial charge is 0.270 e. The second-order valence-corrected chi connectivity index (χ2v) is 8.98. The Hall–Kier alpha value is -6.14. The summed E-state index contributed by atoms with van der Waals surface area (Å²) < 4.78 is 1.92. The minimum atomic E-state index is -0.653. The topological polar surface area (TPSA) is 132 Å². The average Bonchev–Trinajstić information content (AvgIpc) is 3.39. The number of carbonyl (C=O) groups excluding carboxylic acids is 1. The number of nitro groups is 2. The van der Waals surface area contributed by atoms with Crippen LogP contribution in [0.2, 0.25) is 0 Å². The molecule has 5 rings (SSSR count). The van der Waals surface area contributed by atoms with Gasteiger partial charge in [0.2, 0.25) is 5.78 Å². The lowest BCUT2D eigenvalue weighted by atomic mass is 10.00. The molecular formula is C32H20N4O5. The molecule has 1 aromatic heterocycles. The van der Waals surface area contributed by atoms with E-state index >= 15 is 0 Å². The molecule has 0 N–H and O–H groups in total. The molecule has 41 heavy (non-hydrogen) atoms. The van der Waals surface area contributed by atoms with E-state index < -0.39 is 15.6 Å². The van der Waals surface area contributed by atoms with Gasteiger partial charge in [-0.05, 0) is 35.4 Å². The quantitative estimate of drug-likeness (QED) is 0.0661. The molecule has 9 heteroatoms. The number of nitro benzene ring substituents is 2. The summed E-state index contributed by atoms with van der Waals surface area (Å²) in [5, 5.41) is 32.6. The normalized spacial score (nSPS) is 11.0. The fourth-order valence-electron chi connectivity index (χ4n) is 4.56. The molecule has 0 unspecified atom stereocenters. The fraction of sp³-hybridized carbons (Fsp3) is 0. The number of nitriles is 1. The van der Waals surface area contributed by atoms with Gasteiger partial charge < -0.3 is 4.57 Å². The molecule has 0 aliphatic carbocycles. The highest BCUT2D eigenvalue weighted by molar-refractivity contribution is 6.14. The van der Waals surface area contributed by atoms with Gasteiger partial charge in [0, 0.05) is 41.1 Å². The maximum atomic E-state index is 13.4. The first-order valence-electron chi connectivity index (χ1n) is 12.4. The number of non-ortho nitro benzene ring substituents is 2. The highest BCUT2D eigenvalue weighted by Gasteiger charge is 2.22. The van der Waals surface area contributed by atoms with Crippen molar-refractivity contribution in [3.05, 3.63) is 152 Å². The molecule has 0 fully saturated rings. The van der Waals surface area contributed by atoms with E-state index in [1.54, 1.807) is 12.1 Å². The molecule has 0 atom stereocenters. The van der Waals surface area contributed by atoms with Gasteiger partial charge in [-0.1, -0.05) is 72.8 Å². The number of ketones is 1. The van der Waals surface area contributed by atoms with Gasteiger partial charge in [0.15, 0.2) is 0 Å². The number of rotatable bonds is 8. The molecule has 0 spiro atoms. The maximum Gasteiger partial charge on any atom is 0.270 e. The van der Waals surface area contributed by atoms with Gasteiger partial charge >= 0.3 is 0 Å². The molecule has 0 saturated heterocycles. The van der Waals surface area contributed by atoms with Crippen LogP contribution >= 0.6 is 0 Å². The van der Waals surface area contributed by atoms with Crippen LogP contribution in [0, 0.1) is 31.6 Å². The van der Waals surface area contributed by atoms with Crippen molar-refractivity contribution in [2.45, 2.75) is 0 Å². The lowest BCUT2D eigenvalue weighted by Gasteiger charge is -2.15. The fourth-order valence-corrected chi connectivity index (χ4v) is 4.56. The first kappa shape index (κ1) is 26.5. The predicted octanol–water partition coefficient (Wildman–Crippen LogP) is 7.42. The van der Waals surface area contributed by atoms with Gasteiger partial charge in [-0.25, -0.2) is 0 Å². The van der Waals surface area contributed by atoms with Crippen LogP contribution in [-0.4, -0.2) is 20.2 Å². The summed E-state index contributed by atoms with van der Waals surface area (Å²) in [4.78, 5) is 34.8. The van der Waals surface area contributed by atoms with E-state index in [9.17, 15) is 30.3 Å². The summed E-state index contributed by atoms with van der Waals surface area (Å²) in [5.74, 6) is -0.653. The zero-order valence-electron chi connectivity index (χ0n) is 21.4. The van der Waals surface area contributed by atoms with Gasteiger partial charge in [-0.3, -0.25) is 25.0 Å². The third kappa shape index (κ3) is 5.39. The van der Waals surface area contributed by atoms with Crippen molar-refractivity contribution in [2.75, 3.05) is 0 Å². The van der Waals surface area contributed by atoms with Crippen LogP contribution in [0.15, 0.2) is 121 Å². The highest BCUT2D eigenvalue weighted by atomic mass is 16.6. The summed E-state index contributed by atoms with van der Waals surface area (Å²) >= 11 is 0. The van der Waals surface area contributed by atoms with Crippen molar-refractivity contribution in [1.29, 1.82) is 5.26 Å². The van der Waals surface area contributed by atoms with E-state index in [1.807, 2.05) is 77.4 Å². The molecule has 198 valence electrons. The van der Waals surface area contributed by atoms with Crippen molar-refractivity contribution in [1.82, 2.24) is 4.57 Å². The van der Waals surface area contributed by atoms with E-state index in [4.69, 9.17) is 0 Å². The SMILES string of the molecule is N#C/C(=C\c1cc(-c2ccccc2)n(-c2ccc([N+](=O)[O-])cc2)c1-c1ccccc1)C(=O)c1cccc([N+](=O)[O-])c1. The molecule has 1 heterocycles. The van der Waals surface area contributed by atoms with E-state index in [2.05, 4.69) is 0 Å². The molecule has 0 bridgehead atoms. The van der Waals surface area contributed by atoms with Crippen LogP contribution in [-0.2, 0) is 0 Å². The maximum absolute atomic E-state index is 13.4. The zero-order valence-corrected chi connectivity index (χ0v) is 21.4.